The van der Waals surface area contributed by atoms with Gasteiger partial charge in [0, 0.05) is 12.8 Å². The van der Waals surface area contributed by atoms with Gasteiger partial charge in [-0.3, -0.25) is 0 Å². The summed E-state index contributed by atoms with van der Waals surface area (Å²) in [6.45, 7) is 4.50. The van der Waals surface area contributed by atoms with Crippen molar-refractivity contribution < 1.29 is 4.52 Å². The maximum atomic E-state index is 5.25. The van der Waals surface area contributed by atoms with Gasteiger partial charge in [-0.15, -0.1) is 0 Å². The zero-order chi connectivity index (χ0) is 12.8. The van der Waals surface area contributed by atoms with Gasteiger partial charge in [0.25, 0.3) is 0 Å². The Morgan fingerprint density at radius 1 is 1.33 bits per heavy atom. The van der Waals surface area contributed by atoms with E-state index in [1.807, 2.05) is 0 Å². The minimum Gasteiger partial charge on any atom is -0.339 e. The number of rotatable bonds is 5. The van der Waals surface area contributed by atoms with Crippen molar-refractivity contribution in [1.29, 1.82) is 0 Å². The topological polar surface area (TPSA) is 42.2 Å². The van der Waals surface area contributed by atoms with Crippen LogP contribution in [0.5, 0.6) is 0 Å². The highest BCUT2D eigenvalue weighted by Crippen LogP contribution is 2.19. The molecule has 0 bridgehead atoms. The molecule has 0 N–H and O–H groups in total. The summed E-state index contributed by atoms with van der Waals surface area (Å²) in [6, 6.07) is 0. The lowest BCUT2D eigenvalue weighted by Crippen LogP contribution is -2.31. The highest BCUT2D eigenvalue weighted by molar-refractivity contribution is 4.95. The van der Waals surface area contributed by atoms with Crippen molar-refractivity contribution >= 4 is 0 Å². The number of aromatic nitrogens is 2. The average Bonchev–Trinajstić information content (AvgIpc) is 2.80. The fourth-order valence-electron chi connectivity index (χ4n) is 2.33. The molecule has 0 spiro atoms. The van der Waals surface area contributed by atoms with Crippen LogP contribution in [-0.4, -0.2) is 35.2 Å². The van der Waals surface area contributed by atoms with E-state index in [4.69, 9.17) is 4.52 Å². The maximum absolute atomic E-state index is 5.25. The van der Waals surface area contributed by atoms with Crippen LogP contribution in [0.3, 0.4) is 0 Å². The molecule has 100 valence electrons. The number of hydrogen-bond donors (Lipinski definition) is 0. The summed E-state index contributed by atoms with van der Waals surface area (Å²) in [7, 11) is 2.18. The van der Waals surface area contributed by atoms with E-state index < -0.39 is 0 Å². The van der Waals surface area contributed by atoms with Gasteiger partial charge in [0.05, 0.1) is 0 Å². The summed E-state index contributed by atoms with van der Waals surface area (Å²) in [4.78, 5) is 6.84. The second kappa shape index (κ2) is 6.69. The molecule has 2 rings (SSSR count). The fraction of sp³-hybridized carbons (Fsp3) is 0.714. The third-order valence-corrected chi connectivity index (χ3v) is 3.51. The van der Waals surface area contributed by atoms with Gasteiger partial charge in [0.15, 0.2) is 5.82 Å². The van der Waals surface area contributed by atoms with Gasteiger partial charge in [0.2, 0.25) is 5.89 Å². The molecule has 4 heteroatoms. The van der Waals surface area contributed by atoms with Crippen molar-refractivity contribution in [2.75, 3.05) is 20.1 Å². The summed E-state index contributed by atoms with van der Waals surface area (Å²) in [5, 5.41) is 4.07. The largest absolute Gasteiger partial charge is 0.339 e. The van der Waals surface area contributed by atoms with E-state index >= 15 is 0 Å². The molecule has 0 radical (unpaired) electrons. The third kappa shape index (κ3) is 3.95. The molecule has 0 amide bonds. The van der Waals surface area contributed by atoms with Crippen LogP contribution in [0.25, 0.3) is 0 Å². The lowest BCUT2D eigenvalue weighted by atomic mass is 9.94. The predicted molar refractivity (Wildman–Crippen MR) is 71.4 cm³/mol. The molecular weight excluding hydrogens is 226 g/mol. The molecular formula is C14H23N3O. The number of allylic oxidation sites excluding steroid dienone is 2. The fourth-order valence-corrected chi connectivity index (χ4v) is 2.33. The van der Waals surface area contributed by atoms with Crippen LogP contribution in [0, 0.1) is 5.92 Å². The van der Waals surface area contributed by atoms with Crippen LogP contribution in [0.2, 0.25) is 0 Å². The highest BCUT2D eigenvalue weighted by atomic mass is 16.5. The van der Waals surface area contributed by atoms with Gasteiger partial charge in [-0.25, -0.2) is 0 Å². The molecule has 4 nitrogen and oxygen atoms in total. The Morgan fingerprint density at radius 2 is 2.11 bits per heavy atom. The van der Waals surface area contributed by atoms with Gasteiger partial charge in [0.1, 0.15) is 0 Å². The van der Waals surface area contributed by atoms with Crippen LogP contribution in [0.1, 0.15) is 37.9 Å². The number of nitrogens with zero attached hydrogens (tertiary/aromatic N) is 3. The summed E-state index contributed by atoms with van der Waals surface area (Å²) >= 11 is 0. The van der Waals surface area contributed by atoms with Gasteiger partial charge >= 0.3 is 0 Å². The first-order valence-corrected chi connectivity index (χ1v) is 6.93. The molecule has 1 aliphatic heterocycles. The van der Waals surface area contributed by atoms with Crippen LogP contribution in [0.15, 0.2) is 16.7 Å². The third-order valence-electron chi connectivity index (χ3n) is 3.51. The Balaban J connectivity index is 1.81. The lowest BCUT2D eigenvalue weighted by Gasteiger charge is -2.27. The molecule has 0 saturated carbocycles. The van der Waals surface area contributed by atoms with Crippen LogP contribution in [-0.2, 0) is 12.8 Å². The first kappa shape index (κ1) is 13.3. The van der Waals surface area contributed by atoms with Crippen molar-refractivity contribution in [3.63, 3.8) is 0 Å². The molecule has 18 heavy (non-hydrogen) atoms. The molecule has 0 atom stereocenters. The normalized spacial score (nSPS) is 18.8. The smallest absolute Gasteiger partial charge is 0.230 e. The Morgan fingerprint density at radius 3 is 2.83 bits per heavy atom. The van der Waals surface area contributed by atoms with Crippen LogP contribution in [0.4, 0.5) is 0 Å². The quantitative estimate of drug-likeness (QED) is 0.752. The minimum atomic E-state index is 0.720. The van der Waals surface area contributed by atoms with Crippen molar-refractivity contribution in [2.24, 2.45) is 5.92 Å². The zero-order valence-electron chi connectivity index (χ0n) is 11.4. The Kier molecular flexibility index (Phi) is 4.93. The van der Waals surface area contributed by atoms with E-state index in [9.17, 15) is 0 Å². The Hall–Kier alpha value is -1.16. The highest BCUT2D eigenvalue weighted by Gasteiger charge is 2.19. The molecule has 1 fully saturated rings. The standard InChI is InChI=1S/C14H23N3O/c1-3-4-5-6-14-15-13(16-18-14)11-12-7-9-17(2)10-8-12/h4-5,12H,3,6-11H2,1-2H3/b5-4+. The molecule has 1 aromatic rings. The SMILES string of the molecule is CC/C=C/Cc1nc(CC2CCN(C)CC2)no1. The molecule has 1 saturated heterocycles. The molecule has 0 unspecified atom stereocenters. The van der Waals surface area contributed by atoms with Crippen LogP contribution >= 0.6 is 0 Å². The summed E-state index contributed by atoms with van der Waals surface area (Å²) in [6.07, 6.45) is 9.49. The van der Waals surface area contributed by atoms with E-state index in [0.717, 1.165) is 36.9 Å². The Bertz CT molecular complexity index is 378. The van der Waals surface area contributed by atoms with Gasteiger partial charge in [-0.1, -0.05) is 24.2 Å². The first-order valence-electron chi connectivity index (χ1n) is 6.93. The predicted octanol–water partition coefficient (Wildman–Crippen LogP) is 2.46. The molecule has 2 heterocycles. The van der Waals surface area contributed by atoms with Crippen molar-refractivity contribution in [3.8, 4) is 0 Å². The molecule has 0 aliphatic carbocycles. The zero-order valence-corrected chi connectivity index (χ0v) is 11.4. The van der Waals surface area contributed by atoms with E-state index in [1.165, 1.54) is 25.9 Å². The maximum Gasteiger partial charge on any atom is 0.230 e. The van der Waals surface area contributed by atoms with E-state index in [0.29, 0.717) is 0 Å². The summed E-state index contributed by atoms with van der Waals surface area (Å²) in [5.74, 6) is 2.34. The van der Waals surface area contributed by atoms with Gasteiger partial charge in [-0.05, 0) is 45.3 Å². The van der Waals surface area contributed by atoms with Gasteiger partial charge < -0.3 is 9.42 Å². The monoisotopic (exact) mass is 249 g/mol. The molecule has 1 aliphatic rings. The minimum absolute atomic E-state index is 0.720. The second-order valence-electron chi connectivity index (χ2n) is 5.14. The molecule has 1 aromatic heterocycles. The number of hydrogen-bond acceptors (Lipinski definition) is 4. The number of likely N-dealkylation sites (tertiary alicyclic amines) is 1. The summed E-state index contributed by atoms with van der Waals surface area (Å²) in [5.41, 5.74) is 0. The van der Waals surface area contributed by atoms with E-state index in [1.54, 1.807) is 0 Å². The Labute approximate surface area is 109 Å². The number of piperidine rings is 1. The summed E-state index contributed by atoms with van der Waals surface area (Å²) < 4.78 is 5.25. The van der Waals surface area contributed by atoms with Crippen molar-refractivity contribution in [1.82, 2.24) is 15.0 Å². The van der Waals surface area contributed by atoms with E-state index in [-0.39, 0.29) is 0 Å². The van der Waals surface area contributed by atoms with E-state index in [2.05, 4.69) is 41.2 Å². The first-order chi connectivity index (χ1) is 8.78. The van der Waals surface area contributed by atoms with Crippen molar-refractivity contribution in [3.05, 3.63) is 23.9 Å². The second-order valence-corrected chi connectivity index (χ2v) is 5.14. The lowest BCUT2D eigenvalue weighted by molar-refractivity contribution is 0.216. The average molecular weight is 249 g/mol. The van der Waals surface area contributed by atoms with Gasteiger partial charge in [-0.2, -0.15) is 4.98 Å². The van der Waals surface area contributed by atoms with Crippen LogP contribution < -0.4 is 0 Å². The molecule has 0 aromatic carbocycles. The van der Waals surface area contributed by atoms with Crippen molar-refractivity contribution in [2.45, 2.75) is 39.0 Å².